The Hall–Kier alpha value is -0.0800. The summed E-state index contributed by atoms with van der Waals surface area (Å²) in [5, 5.41) is 3.51. The van der Waals surface area contributed by atoms with Crippen LogP contribution in [0.15, 0.2) is 0 Å². The van der Waals surface area contributed by atoms with Crippen molar-refractivity contribution in [3.8, 4) is 0 Å². The molecule has 2 aliphatic carbocycles. The van der Waals surface area contributed by atoms with Gasteiger partial charge in [0, 0.05) is 12.1 Å². The van der Waals surface area contributed by atoms with Crippen LogP contribution in [0.3, 0.4) is 0 Å². The van der Waals surface area contributed by atoms with Crippen molar-refractivity contribution in [2.75, 3.05) is 20.1 Å². The maximum absolute atomic E-state index is 3.51. The molecule has 2 aliphatic rings. The van der Waals surface area contributed by atoms with Crippen molar-refractivity contribution in [2.45, 2.75) is 70.4 Å². The molecule has 17 heavy (non-hydrogen) atoms. The summed E-state index contributed by atoms with van der Waals surface area (Å²) in [6.45, 7) is 4.92. The third-order valence-corrected chi connectivity index (χ3v) is 5.06. The lowest BCUT2D eigenvalue weighted by Gasteiger charge is -2.29. The fourth-order valence-corrected chi connectivity index (χ4v) is 3.96. The van der Waals surface area contributed by atoms with Gasteiger partial charge in [0.25, 0.3) is 0 Å². The van der Waals surface area contributed by atoms with Crippen molar-refractivity contribution < 1.29 is 0 Å². The van der Waals surface area contributed by atoms with Crippen molar-refractivity contribution in [1.29, 1.82) is 0 Å². The van der Waals surface area contributed by atoms with Crippen LogP contribution >= 0.6 is 0 Å². The molecule has 100 valence electrons. The minimum Gasteiger partial charge on any atom is -0.317 e. The second-order valence-electron chi connectivity index (χ2n) is 5.94. The zero-order chi connectivity index (χ0) is 12.1. The van der Waals surface area contributed by atoms with Gasteiger partial charge in [0.15, 0.2) is 0 Å². The normalized spacial score (nSPS) is 30.5. The van der Waals surface area contributed by atoms with Gasteiger partial charge in [-0.1, -0.05) is 26.2 Å². The highest BCUT2D eigenvalue weighted by molar-refractivity contribution is 4.84. The molecule has 2 saturated carbocycles. The lowest BCUT2D eigenvalue weighted by atomic mass is 9.99. The zero-order valence-electron chi connectivity index (χ0n) is 11.8. The third kappa shape index (κ3) is 3.45. The van der Waals surface area contributed by atoms with Crippen molar-refractivity contribution in [3.63, 3.8) is 0 Å². The van der Waals surface area contributed by atoms with Gasteiger partial charge in [-0.2, -0.15) is 0 Å². The van der Waals surface area contributed by atoms with Gasteiger partial charge in [0.05, 0.1) is 0 Å². The fourth-order valence-electron chi connectivity index (χ4n) is 3.96. The highest BCUT2D eigenvalue weighted by Crippen LogP contribution is 2.30. The van der Waals surface area contributed by atoms with Crippen LogP contribution in [0.4, 0.5) is 0 Å². The largest absolute Gasteiger partial charge is 0.317 e. The minimum atomic E-state index is 0.803. The highest BCUT2D eigenvalue weighted by Gasteiger charge is 2.27. The van der Waals surface area contributed by atoms with E-state index in [1.165, 1.54) is 64.5 Å². The smallest absolute Gasteiger partial charge is 0.00951 e. The molecule has 0 heterocycles. The molecule has 0 radical (unpaired) electrons. The van der Waals surface area contributed by atoms with Crippen LogP contribution in [0.2, 0.25) is 0 Å². The van der Waals surface area contributed by atoms with Gasteiger partial charge in [-0.15, -0.1) is 0 Å². The van der Waals surface area contributed by atoms with E-state index in [4.69, 9.17) is 0 Å². The van der Waals surface area contributed by atoms with Crippen LogP contribution in [0.1, 0.15) is 58.3 Å². The highest BCUT2D eigenvalue weighted by atomic mass is 15.1. The molecule has 2 unspecified atom stereocenters. The van der Waals surface area contributed by atoms with E-state index in [1.54, 1.807) is 0 Å². The van der Waals surface area contributed by atoms with Crippen LogP contribution in [0.25, 0.3) is 0 Å². The Morgan fingerprint density at radius 3 is 2.47 bits per heavy atom. The Morgan fingerprint density at radius 1 is 1.06 bits per heavy atom. The fraction of sp³-hybridized carbons (Fsp3) is 1.00. The number of hydrogen-bond acceptors (Lipinski definition) is 2. The van der Waals surface area contributed by atoms with Crippen molar-refractivity contribution >= 4 is 0 Å². The van der Waals surface area contributed by atoms with Crippen molar-refractivity contribution in [3.05, 3.63) is 0 Å². The van der Waals surface area contributed by atoms with Crippen LogP contribution < -0.4 is 5.32 Å². The number of nitrogens with one attached hydrogen (secondary N) is 1. The topological polar surface area (TPSA) is 15.3 Å². The quantitative estimate of drug-likeness (QED) is 0.765. The lowest BCUT2D eigenvalue weighted by Crippen LogP contribution is -2.37. The third-order valence-electron chi connectivity index (χ3n) is 5.06. The van der Waals surface area contributed by atoms with Crippen molar-refractivity contribution in [2.24, 2.45) is 5.92 Å². The second-order valence-corrected chi connectivity index (χ2v) is 5.94. The van der Waals surface area contributed by atoms with Gasteiger partial charge in [-0.3, -0.25) is 0 Å². The monoisotopic (exact) mass is 238 g/mol. The number of rotatable bonds is 6. The maximum atomic E-state index is 3.51. The van der Waals surface area contributed by atoms with Crippen LogP contribution in [-0.4, -0.2) is 37.1 Å². The summed E-state index contributed by atoms with van der Waals surface area (Å²) in [6.07, 6.45) is 11.5. The molecule has 0 aromatic heterocycles. The summed E-state index contributed by atoms with van der Waals surface area (Å²) in [6, 6.07) is 1.71. The molecule has 1 N–H and O–H groups in total. The molecule has 0 amide bonds. The first-order valence-electron chi connectivity index (χ1n) is 7.76. The van der Waals surface area contributed by atoms with Crippen molar-refractivity contribution in [1.82, 2.24) is 10.2 Å². The zero-order valence-corrected chi connectivity index (χ0v) is 11.8. The first-order valence-corrected chi connectivity index (χ1v) is 7.76. The predicted octanol–water partition coefficient (Wildman–Crippen LogP) is 3.03. The molecular formula is C15H30N2. The van der Waals surface area contributed by atoms with E-state index in [0.29, 0.717) is 0 Å². The van der Waals surface area contributed by atoms with Gasteiger partial charge in [0.1, 0.15) is 0 Å². The van der Waals surface area contributed by atoms with E-state index in [1.807, 2.05) is 0 Å². The molecule has 0 bridgehead atoms. The molecule has 2 fully saturated rings. The summed E-state index contributed by atoms with van der Waals surface area (Å²) in [7, 11) is 2.14. The Kier molecular flexibility index (Phi) is 5.30. The Labute approximate surface area is 107 Å². The molecule has 0 saturated heterocycles. The maximum Gasteiger partial charge on any atom is 0.00951 e. The van der Waals surface area contributed by atoms with E-state index in [-0.39, 0.29) is 0 Å². The van der Waals surface area contributed by atoms with Gasteiger partial charge < -0.3 is 10.2 Å². The minimum absolute atomic E-state index is 0.803. The molecule has 0 aromatic carbocycles. The Morgan fingerprint density at radius 2 is 1.82 bits per heavy atom. The molecule has 0 aliphatic heterocycles. The second kappa shape index (κ2) is 6.75. The van der Waals surface area contributed by atoms with Crippen LogP contribution in [0.5, 0.6) is 0 Å². The van der Waals surface area contributed by atoms with E-state index in [9.17, 15) is 0 Å². The summed E-state index contributed by atoms with van der Waals surface area (Å²) in [5.41, 5.74) is 0. The first kappa shape index (κ1) is 13.4. The Bertz CT molecular complexity index is 211. The van der Waals surface area contributed by atoms with E-state index < -0.39 is 0 Å². The predicted molar refractivity (Wildman–Crippen MR) is 74.3 cm³/mol. The lowest BCUT2D eigenvalue weighted by molar-refractivity contribution is 0.189. The average molecular weight is 238 g/mol. The van der Waals surface area contributed by atoms with Gasteiger partial charge in [-0.25, -0.2) is 0 Å². The molecule has 0 spiro atoms. The van der Waals surface area contributed by atoms with Gasteiger partial charge in [0.2, 0.25) is 0 Å². The molecule has 2 heteroatoms. The van der Waals surface area contributed by atoms with E-state index >= 15 is 0 Å². The summed E-state index contributed by atoms with van der Waals surface area (Å²) < 4.78 is 0. The van der Waals surface area contributed by atoms with E-state index in [0.717, 1.165) is 18.0 Å². The van der Waals surface area contributed by atoms with E-state index in [2.05, 4.69) is 24.2 Å². The van der Waals surface area contributed by atoms with Crippen LogP contribution in [-0.2, 0) is 0 Å². The summed E-state index contributed by atoms with van der Waals surface area (Å²) in [5.74, 6) is 0.940. The first-order chi connectivity index (χ1) is 8.35. The average Bonchev–Trinajstić information content (AvgIpc) is 2.99. The van der Waals surface area contributed by atoms with Gasteiger partial charge >= 0.3 is 0 Å². The molecule has 2 nitrogen and oxygen atoms in total. The summed E-state index contributed by atoms with van der Waals surface area (Å²) in [4.78, 5) is 2.75. The molecular weight excluding hydrogens is 208 g/mol. The SMILES string of the molecule is CCN(CCC1CCCC1NC)C1CCCC1. The Balaban J connectivity index is 1.75. The molecule has 2 rings (SSSR count). The summed E-state index contributed by atoms with van der Waals surface area (Å²) >= 11 is 0. The van der Waals surface area contributed by atoms with Crippen LogP contribution in [0, 0.1) is 5.92 Å². The van der Waals surface area contributed by atoms with Gasteiger partial charge in [-0.05, 0) is 58.2 Å². The molecule has 0 aromatic rings. The standard InChI is InChI=1S/C15H30N2/c1-3-17(14-8-4-5-9-14)12-11-13-7-6-10-15(13)16-2/h13-16H,3-12H2,1-2H3. The number of hydrogen-bond donors (Lipinski definition) is 1. The number of nitrogens with zero attached hydrogens (tertiary/aromatic N) is 1. The molecule has 2 atom stereocenters.